The van der Waals surface area contributed by atoms with Crippen LogP contribution in [0, 0.1) is 5.82 Å². The van der Waals surface area contributed by atoms with Crippen molar-refractivity contribution < 1.29 is 27.9 Å². The van der Waals surface area contributed by atoms with Crippen LogP contribution in [0.3, 0.4) is 0 Å². The highest BCUT2D eigenvalue weighted by molar-refractivity contribution is 5.97. The first-order valence-electron chi connectivity index (χ1n) is 9.83. The molecule has 31 heavy (non-hydrogen) atoms. The zero-order chi connectivity index (χ0) is 21.8. The number of carbonyl (C=O) groups is 1. The minimum Gasteiger partial charge on any atom is -0.497 e. The number of carbonyl (C=O) groups excluding carboxylic acids is 1. The van der Waals surface area contributed by atoms with Crippen molar-refractivity contribution in [1.29, 1.82) is 0 Å². The molecule has 0 aliphatic carbocycles. The van der Waals surface area contributed by atoms with E-state index >= 15 is 0 Å². The summed E-state index contributed by atoms with van der Waals surface area (Å²) < 4.78 is 34.4. The second-order valence-corrected chi connectivity index (χ2v) is 7.01. The molecule has 162 valence electrons. The van der Waals surface area contributed by atoms with Crippen LogP contribution in [0.5, 0.6) is 17.2 Å². The maximum Gasteiger partial charge on any atom is 0.264 e. The number of hydrogen-bond donors (Lipinski definition) is 0. The van der Waals surface area contributed by atoms with E-state index in [1.807, 2.05) is 0 Å². The van der Waals surface area contributed by atoms with Crippen molar-refractivity contribution in [2.45, 2.75) is 25.5 Å². The number of amides is 1. The normalized spacial score (nSPS) is 15.7. The van der Waals surface area contributed by atoms with Crippen molar-refractivity contribution in [3.05, 3.63) is 65.6 Å². The molecule has 0 radical (unpaired) electrons. The third kappa shape index (κ3) is 4.45. The maximum atomic E-state index is 13.2. The number of nitrogens with zero attached hydrogens (tertiary/aromatic N) is 3. The number of hydrogen-bond acceptors (Lipinski definition) is 7. The van der Waals surface area contributed by atoms with Gasteiger partial charge in [0.15, 0.2) is 12.4 Å². The van der Waals surface area contributed by atoms with E-state index in [0.29, 0.717) is 35.2 Å². The first-order chi connectivity index (χ1) is 15.1. The van der Waals surface area contributed by atoms with Crippen LogP contribution in [0.1, 0.15) is 41.0 Å². The third-order valence-corrected chi connectivity index (χ3v) is 5.11. The number of rotatable bonds is 7. The Morgan fingerprint density at radius 1 is 1.16 bits per heavy atom. The van der Waals surface area contributed by atoms with E-state index in [4.69, 9.17) is 18.7 Å². The van der Waals surface area contributed by atoms with Gasteiger partial charge in [-0.15, -0.1) is 0 Å². The number of aromatic nitrogens is 2. The van der Waals surface area contributed by atoms with Crippen LogP contribution < -0.4 is 14.2 Å². The number of likely N-dealkylation sites (tertiary alicyclic amines) is 1. The summed E-state index contributed by atoms with van der Waals surface area (Å²) in [5.74, 6) is 1.73. The Kier molecular flexibility index (Phi) is 6.01. The Balaban J connectivity index is 1.47. The van der Waals surface area contributed by atoms with Crippen LogP contribution in [0.4, 0.5) is 4.39 Å². The van der Waals surface area contributed by atoms with Gasteiger partial charge in [-0.3, -0.25) is 4.79 Å². The third-order valence-electron chi connectivity index (χ3n) is 5.11. The number of halogens is 1. The van der Waals surface area contributed by atoms with E-state index in [1.54, 1.807) is 30.2 Å². The highest BCUT2D eigenvalue weighted by Gasteiger charge is 2.35. The molecule has 1 fully saturated rings. The molecular weight excluding hydrogens is 405 g/mol. The molecule has 2 heterocycles. The van der Waals surface area contributed by atoms with E-state index < -0.39 is 0 Å². The number of ether oxygens (including phenoxy) is 3. The second kappa shape index (κ2) is 9.03. The predicted molar refractivity (Wildman–Crippen MR) is 108 cm³/mol. The summed E-state index contributed by atoms with van der Waals surface area (Å²) >= 11 is 0. The zero-order valence-electron chi connectivity index (χ0n) is 17.2. The Morgan fingerprint density at radius 3 is 2.68 bits per heavy atom. The Bertz CT molecular complexity index is 1050. The van der Waals surface area contributed by atoms with Gasteiger partial charge in [-0.05, 0) is 49.2 Å². The van der Waals surface area contributed by atoms with Crippen LogP contribution in [0.15, 0.2) is 47.0 Å². The predicted octanol–water partition coefficient (Wildman–Crippen LogP) is 3.78. The second-order valence-electron chi connectivity index (χ2n) is 7.01. The summed E-state index contributed by atoms with van der Waals surface area (Å²) in [5, 5.41) is 4.05. The van der Waals surface area contributed by atoms with E-state index in [-0.39, 0.29) is 30.3 Å². The van der Waals surface area contributed by atoms with E-state index in [1.165, 1.54) is 31.4 Å². The van der Waals surface area contributed by atoms with Crippen LogP contribution in [-0.4, -0.2) is 41.7 Å². The fraction of sp³-hybridized carbons (Fsp3) is 0.318. The molecule has 1 atom stereocenters. The quantitative estimate of drug-likeness (QED) is 0.567. The lowest BCUT2D eigenvalue weighted by molar-refractivity contribution is 0.0725. The first-order valence-corrected chi connectivity index (χ1v) is 9.83. The maximum absolute atomic E-state index is 13.2. The summed E-state index contributed by atoms with van der Waals surface area (Å²) in [6.45, 7) is 0.625. The summed E-state index contributed by atoms with van der Waals surface area (Å²) in [6, 6.07) is 10.4. The van der Waals surface area contributed by atoms with Gasteiger partial charge >= 0.3 is 0 Å². The lowest BCUT2D eigenvalue weighted by Gasteiger charge is -2.23. The van der Waals surface area contributed by atoms with Gasteiger partial charge in [0.05, 0.1) is 25.8 Å². The van der Waals surface area contributed by atoms with Gasteiger partial charge in [0.1, 0.15) is 23.1 Å². The van der Waals surface area contributed by atoms with Crippen molar-refractivity contribution in [1.82, 2.24) is 15.0 Å². The Labute approximate surface area is 178 Å². The van der Waals surface area contributed by atoms with E-state index in [9.17, 15) is 9.18 Å². The monoisotopic (exact) mass is 427 g/mol. The fourth-order valence-electron chi connectivity index (χ4n) is 3.55. The topological polar surface area (TPSA) is 86.9 Å². The van der Waals surface area contributed by atoms with Crippen LogP contribution in [-0.2, 0) is 6.61 Å². The largest absolute Gasteiger partial charge is 0.497 e. The van der Waals surface area contributed by atoms with Gasteiger partial charge in [-0.25, -0.2) is 4.39 Å². The van der Waals surface area contributed by atoms with Crippen LogP contribution in [0.2, 0.25) is 0 Å². The van der Waals surface area contributed by atoms with Crippen molar-refractivity contribution in [2.24, 2.45) is 0 Å². The van der Waals surface area contributed by atoms with Gasteiger partial charge in [0, 0.05) is 12.6 Å². The van der Waals surface area contributed by atoms with Crippen molar-refractivity contribution in [3.8, 4) is 17.2 Å². The molecular formula is C22H22FN3O5. The average molecular weight is 427 g/mol. The minimum absolute atomic E-state index is 0.0472. The van der Waals surface area contributed by atoms with Crippen LogP contribution in [0.25, 0.3) is 0 Å². The molecule has 2 aromatic carbocycles. The molecule has 8 nitrogen and oxygen atoms in total. The van der Waals surface area contributed by atoms with E-state index in [0.717, 1.165) is 12.8 Å². The standard InChI is InChI=1S/C22H22FN3O5/c1-28-16-9-10-17(19(12-16)29-2)22(27)26-11-3-4-18(26)21-24-20(31-25-21)13-30-15-7-5-14(23)6-8-15/h5-10,12,18H,3-4,11,13H2,1-2H3. The lowest BCUT2D eigenvalue weighted by atomic mass is 10.1. The molecule has 1 aromatic heterocycles. The first kappa shape index (κ1) is 20.6. The molecule has 1 aliphatic heterocycles. The van der Waals surface area contributed by atoms with Crippen molar-refractivity contribution >= 4 is 5.91 Å². The Hall–Kier alpha value is -3.62. The highest BCUT2D eigenvalue weighted by atomic mass is 19.1. The zero-order valence-corrected chi connectivity index (χ0v) is 17.2. The van der Waals surface area contributed by atoms with Crippen LogP contribution >= 0.6 is 0 Å². The molecule has 1 amide bonds. The molecule has 0 bridgehead atoms. The van der Waals surface area contributed by atoms with Crippen molar-refractivity contribution in [2.75, 3.05) is 20.8 Å². The van der Waals surface area contributed by atoms with Gasteiger partial charge in [0.25, 0.3) is 11.8 Å². The molecule has 0 spiro atoms. The molecule has 9 heteroatoms. The summed E-state index contributed by atoms with van der Waals surface area (Å²) in [6.07, 6.45) is 1.55. The molecule has 1 saturated heterocycles. The molecule has 0 N–H and O–H groups in total. The van der Waals surface area contributed by atoms with Gasteiger partial charge in [0.2, 0.25) is 0 Å². The number of benzene rings is 2. The summed E-state index contributed by atoms with van der Waals surface area (Å²) in [4.78, 5) is 19.3. The molecule has 3 aromatic rings. The highest BCUT2D eigenvalue weighted by Crippen LogP contribution is 2.34. The SMILES string of the molecule is COc1ccc(C(=O)N2CCCC2c2noc(COc3ccc(F)cc3)n2)c(OC)c1. The Morgan fingerprint density at radius 2 is 1.94 bits per heavy atom. The fourth-order valence-corrected chi connectivity index (χ4v) is 3.55. The molecule has 1 aliphatic rings. The van der Waals surface area contributed by atoms with Gasteiger partial charge in [-0.2, -0.15) is 4.98 Å². The summed E-state index contributed by atoms with van der Waals surface area (Å²) in [5.41, 5.74) is 0.443. The molecule has 4 rings (SSSR count). The minimum atomic E-state index is -0.341. The van der Waals surface area contributed by atoms with Gasteiger partial charge in [-0.1, -0.05) is 5.16 Å². The lowest BCUT2D eigenvalue weighted by Crippen LogP contribution is -2.31. The molecule has 0 saturated carbocycles. The molecule has 1 unspecified atom stereocenters. The van der Waals surface area contributed by atoms with Gasteiger partial charge < -0.3 is 23.6 Å². The van der Waals surface area contributed by atoms with Crippen molar-refractivity contribution in [3.63, 3.8) is 0 Å². The average Bonchev–Trinajstić information content (AvgIpc) is 3.47. The van der Waals surface area contributed by atoms with E-state index in [2.05, 4.69) is 10.1 Å². The smallest absolute Gasteiger partial charge is 0.264 e. The number of methoxy groups -OCH3 is 2. The summed E-state index contributed by atoms with van der Waals surface area (Å²) in [7, 11) is 3.07.